The highest BCUT2D eigenvalue weighted by Crippen LogP contribution is 2.28. The lowest BCUT2D eigenvalue weighted by molar-refractivity contribution is 0.104. The fourth-order valence-corrected chi connectivity index (χ4v) is 2.99. The maximum atomic E-state index is 12.3. The van der Waals surface area contributed by atoms with Crippen molar-refractivity contribution >= 4 is 33.0 Å². The largest absolute Gasteiger partial charge is 0.492 e. The van der Waals surface area contributed by atoms with E-state index in [0.717, 1.165) is 26.4 Å². The quantitative estimate of drug-likeness (QED) is 0.729. The van der Waals surface area contributed by atoms with E-state index in [-0.39, 0.29) is 5.78 Å². The molecule has 1 aromatic heterocycles. The van der Waals surface area contributed by atoms with Gasteiger partial charge in [-0.15, -0.1) is 11.3 Å². The molecule has 0 fully saturated rings. The molecule has 0 aliphatic heterocycles. The molecule has 2 nitrogen and oxygen atoms in total. The molecule has 0 radical (unpaired) electrons. The highest BCUT2D eigenvalue weighted by Gasteiger charge is 2.13. The average Bonchev–Trinajstić information content (AvgIpc) is 2.83. The van der Waals surface area contributed by atoms with Gasteiger partial charge in [-0.2, -0.15) is 0 Å². The second-order valence-electron chi connectivity index (χ2n) is 4.23. The Morgan fingerprint density at radius 2 is 2.11 bits per heavy atom. The van der Waals surface area contributed by atoms with Crippen LogP contribution in [0.5, 0.6) is 5.75 Å². The molecule has 0 bridgehead atoms. The summed E-state index contributed by atoms with van der Waals surface area (Å²) in [6.07, 6.45) is 0.960. The second kappa shape index (κ2) is 6.35. The number of benzene rings is 1. The Bertz CT molecular complexity index is 590. The lowest BCUT2D eigenvalue weighted by Crippen LogP contribution is -2.00. The van der Waals surface area contributed by atoms with Crippen molar-refractivity contribution in [2.75, 3.05) is 6.61 Å². The van der Waals surface area contributed by atoms with Gasteiger partial charge in [-0.25, -0.2) is 0 Å². The lowest BCUT2D eigenvalue weighted by atomic mass is 10.1. The predicted octanol–water partition coefficient (Wildman–Crippen LogP) is 4.84. The maximum Gasteiger partial charge on any atom is 0.202 e. The topological polar surface area (TPSA) is 26.3 Å². The fourth-order valence-electron chi connectivity index (χ4n) is 1.67. The number of thiophene rings is 1. The van der Waals surface area contributed by atoms with Crippen LogP contribution >= 0.6 is 27.3 Å². The summed E-state index contributed by atoms with van der Waals surface area (Å²) >= 11 is 4.97. The minimum absolute atomic E-state index is 0.0563. The molecule has 0 atom stereocenters. The number of ketones is 1. The van der Waals surface area contributed by atoms with Crippen molar-refractivity contribution in [3.05, 3.63) is 50.1 Å². The summed E-state index contributed by atoms with van der Waals surface area (Å²) in [6, 6.07) is 9.31. The fraction of sp³-hybridized carbons (Fsp3) is 0.267. The molecule has 2 rings (SSSR count). The highest BCUT2D eigenvalue weighted by atomic mass is 79.9. The zero-order chi connectivity index (χ0) is 13.8. The molecular formula is C15H15BrO2S. The van der Waals surface area contributed by atoms with E-state index in [4.69, 9.17) is 4.74 Å². The van der Waals surface area contributed by atoms with Gasteiger partial charge in [0.25, 0.3) is 0 Å². The van der Waals surface area contributed by atoms with Crippen molar-refractivity contribution in [1.29, 1.82) is 0 Å². The van der Waals surface area contributed by atoms with Gasteiger partial charge in [-0.05, 0) is 59.6 Å². The van der Waals surface area contributed by atoms with Crippen LogP contribution in [0.3, 0.4) is 0 Å². The number of hydrogen-bond acceptors (Lipinski definition) is 3. The number of ether oxygens (including phenoxy) is 1. The minimum Gasteiger partial charge on any atom is -0.492 e. The van der Waals surface area contributed by atoms with Crippen molar-refractivity contribution in [3.63, 3.8) is 0 Å². The summed E-state index contributed by atoms with van der Waals surface area (Å²) in [5.74, 6) is 0.835. The first-order valence-corrected chi connectivity index (χ1v) is 7.76. The van der Waals surface area contributed by atoms with Gasteiger partial charge in [0.1, 0.15) is 5.75 Å². The second-order valence-corrected chi connectivity index (χ2v) is 6.38. The van der Waals surface area contributed by atoms with Gasteiger partial charge in [-0.1, -0.05) is 6.92 Å². The van der Waals surface area contributed by atoms with Gasteiger partial charge >= 0.3 is 0 Å². The Labute approximate surface area is 125 Å². The first-order valence-electron chi connectivity index (χ1n) is 6.15. The Balaban J connectivity index is 2.22. The number of rotatable bonds is 5. The Kier molecular flexibility index (Phi) is 4.77. The average molecular weight is 339 g/mol. The van der Waals surface area contributed by atoms with E-state index < -0.39 is 0 Å². The van der Waals surface area contributed by atoms with E-state index in [9.17, 15) is 4.79 Å². The molecule has 0 spiro atoms. The molecule has 0 saturated heterocycles. The third-order valence-electron chi connectivity index (χ3n) is 2.62. The molecule has 2 aromatic rings. The number of halogens is 1. The molecular weight excluding hydrogens is 324 g/mol. The maximum absolute atomic E-state index is 12.3. The molecule has 100 valence electrons. The van der Waals surface area contributed by atoms with E-state index in [0.29, 0.717) is 12.2 Å². The summed E-state index contributed by atoms with van der Waals surface area (Å²) < 4.78 is 6.39. The van der Waals surface area contributed by atoms with Crippen LogP contribution in [0.15, 0.2) is 34.8 Å². The van der Waals surface area contributed by atoms with E-state index in [1.54, 1.807) is 0 Å². The summed E-state index contributed by atoms with van der Waals surface area (Å²) in [6.45, 7) is 4.74. The molecule has 19 heavy (non-hydrogen) atoms. The molecule has 1 heterocycles. The summed E-state index contributed by atoms with van der Waals surface area (Å²) in [4.78, 5) is 14.2. The zero-order valence-electron chi connectivity index (χ0n) is 10.9. The molecule has 0 saturated carbocycles. The standard InChI is InChI=1S/C15H15BrO2S/c1-3-8-18-13-6-5-11(9-12(13)16)15(17)14-7-4-10(2)19-14/h4-7,9H,3,8H2,1-2H3. The lowest BCUT2D eigenvalue weighted by Gasteiger charge is -2.08. The zero-order valence-corrected chi connectivity index (χ0v) is 13.3. The van der Waals surface area contributed by atoms with Gasteiger partial charge in [0.05, 0.1) is 16.0 Å². The number of aryl methyl sites for hydroxylation is 1. The molecule has 4 heteroatoms. The minimum atomic E-state index is 0.0563. The molecule has 0 aliphatic carbocycles. The van der Waals surface area contributed by atoms with Crippen molar-refractivity contribution in [2.45, 2.75) is 20.3 Å². The normalized spacial score (nSPS) is 10.5. The summed E-state index contributed by atoms with van der Waals surface area (Å²) in [7, 11) is 0. The van der Waals surface area contributed by atoms with Gasteiger partial charge in [-0.3, -0.25) is 4.79 Å². The monoisotopic (exact) mass is 338 g/mol. The Morgan fingerprint density at radius 1 is 1.32 bits per heavy atom. The molecule has 0 unspecified atom stereocenters. The first-order chi connectivity index (χ1) is 9.11. The number of carbonyl (C=O) groups excluding carboxylic acids is 1. The Morgan fingerprint density at radius 3 is 2.68 bits per heavy atom. The van der Waals surface area contributed by atoms with E-state index in [1.807, 2.05) is 37.3 Å². The van der Waals surface area contributed by atoms with Crippen LogP contribution in [-0.2, 0) is 0 Å². The molecule has 1 aromatic carbocycles. The van der Waals surface area contributed by atoms with E-state index in [2.05, 4.69) is 22.9 Å². The van der Waals surface area contributed by atoms with Crippen molar-refractivity contribution < 1.29 is 9.53 Å². The Hall–Kier alpha value is -1.13. The van der Waals surface area contributed by atoms with E-state index in [1.165, 1.54) is 11.3 Å². The highest BCUT2D eigenvalue weighted by molar-refractivity contribution is 9.10. The van der Waals surface area contributed by atoms with Gasteiger partial charge in [0.2, 0.25) is 5.78 Å². The van der Waals surface area contributed by atoms with Crippen LogP contribution in [0.2, 0.25) is 0 Å². The third-order valence-corrected chi connectivity index (χ3v) is 4.24. The molecule has 0 aliphatic rings. The van der Waals surface area contributed by atoms with Crippen LogP contribution in [0.4, 0.5) is 0 Å². The van der Waals surface area contributed by atoms with Crippen LogP contribution in [0, 0.1) is 6.92 Å². The predicted molar refractivity (Wildman–Crippen MR) is 82.4 cm³/mol. The van der Waals surface area contributed by atoms with Crippen LogP contribution in [-0.4, -0.2) is 12.4 Å². The van der Waals surface area contributed by atoms with Crippen molar-refractivity contribution in [2.24, 2.45) is 0 Å². The smallest absolute Gasteiger partial charge is 0.202 e. The van der Waals surface area contributed by atoms with Crippen LogP contribution < -0.4 is 4.74 Å². The van der Waals surface area contributed by atoms with Gasteiger partial charge in [0.15, 0.2) is 0 Å². The molecule has 0 N–H and O–H groups in total. The number of carbonyl (C=O) groups is 1. The third kappa shape index (κ3) is 3.45. The van der Waals surface area contributed by atoms with Gasteiger partial charge in [0, 0.05) is 10.4 Å². The van der Waals surface area contributed by atoms with Crippen molar-refractivity contribution in [1.82, 2.24) is 0 Å². The first kappa shape index (κ1) is 14.3. The SMILES string of the molecule is CCCOc1ccc(C(=O)c2ccc(C)s2)cc1Br. The van der Waals surface area contributed by atoms with Crippen LogP contribution in [0.1, 0.15) is 33.5 Å². The summed E-state index contributed by atoms with van der Waals surface area (Å²) in [5, 5.41) is 0. The number of hydrogen-bond donors (Lipinski definition) is 0. The van der Waals surface area contributed by atoms with Crippen molar-refractivity contribution in [3.8, 4) is 5.75 Å². The van der Waals surface area contributed by atoms with Gasteiger partial charge < -0.3 is 4.74 Å². The van der Waals surface area contributed by atoms with Crippen LogP contribution in [0.25, 0.3) is 0 Å². The van der Waals surface area contributed by atoms with E-state index >= 15 is 0 Å². The molecule has 0 amide bonds. The summed E-state index contributed by atoms with van der Waals surface area (Å²) in [5.41, 5.74) is 0.678.